The van der Waals surface area contributed by atoms with Crippen LogP contribution >= 0.6 is 0 Å². The second kappa shape index (κ2) is 4.40. The van der Waals surface area contributed by atoms with Crippen LogP contribution in [0.25, 0.3) is 0 Å². The summed E-state index contributed by atoms with van der Waals surface area (Å²) in [6.45, 7) is 6.02. The van der Waals surface area contributed by atoms with Crippen molar-refractivity contribution in [1.82, 2.24) is 0 Å². The number of para-hydroxylation sites is 1. The minimum atomic E-state index is -0.388. The van der Waals surface area contributed by atoms with E-state index in [-0.39, 0.29) is 22.8 Å². The summed E-state index contributed by atoms with van der Waals surface area (Å²) in [5.74, 6) is 0. The van der Waals surface area contributed by atoms with E-state index in [0.717, 1.165) is 0 Å². The van der Waals surface area contributed by atoms with Gasteiger partial charge >= 0.3 is 0 Å². The fourth-order valence-corrected chi connectivity index (χ4v) is 1.11. The van der Waals surface area contributed by atoms with Crippen molar-refractivity contribution in [3.63, 3.8) is 0 Å². The number of nitro benzene ring substituents is 1. The molecular weight excluding hydrogens is 194 g/mol. The van der Waals surface area contributed by atoms with Crippen molar-refractivity contribution in [2.24, 2.45) is 0 Å². The molecule has 0 aromatic heterocycles. The van der Waals surface area contributed by atoms with Crippen molar-refractivity contribution in [3.05, 3.63) is 39.9 Å². The standard InChI is InChI=1S/C11H15NO3/c1-11(2,3)15-8-9-6-4-5-7-10(9)12(13)14/h4-7H,8H2,1-3H3. The van der Waals surface area contributed by atoms with Crippen LogP contribution in [-0.4, -0.2) is 10.5 Å². The second-order valence-electron chi connectivity index (χ2n) is 4.29. The molecule has 0 saturated carbocycles. The number of ether oxygens (including phenoxy) is 1. The number of hydrogen-bond acceptors (Lipinski definition) is 3. The van der Waals surface area contributed by atoms with E-state index in [0.29, 0.717) is 5.56 Å². The molecule has 0 N–H and O–H groups in total. The molecule has 0 aliphatic heterocycles. The molecule has 1 rings (SSSR count). The van der Waals surface area contributed by atoms with Crippen molar-refractivity contribution in [1.29, 1.82) is 0 Å². The number of hydrogen-bond donors (Lipinski definition) is 0. The maximum absolute atomic E-state index is 10.7. The van der Waals surface area contributed by atoms with Crippen LogP contribution in [0.4, 0.5) is 5.69 Å². The molecule has 1 aromatic rings. The molecule has 0 fully saturated rings. The van der Waals surface area contributed by atoms with Crippen molar-refractivity contribution in [2.45, 2.75) is 33.0 Å². The first kappa shape index (κ1) is 11.7. The fraction of sp³-hybridized carbons (Fsp3) is 0.455. The lowest BCUT2D eigenvalue weighted by Crippen LogP contribution is -2.19. The summed E-state index contributed by atoms with van der Waals surface area (Å²) in [6, 6.07) is 6.62. The minimum absolute atomic E-state index is 0.113. The molecular formula is C11H15NO3. The van der Waals surface area contributed by atoms with Crippen LogP contribution < -0.4 is 0 Å². The molecule has 0 heterocycles. The lowest BCUT2D eigenvalue weighted by Gasteiger charge is -2.19. The summed E-state index contributed by atoms with van der Waals surface area (Å²) in [5.41, 5.74) is 0.433. The molecule has 0 bridgehead atoms. The maximum Gasteiger partial charge on any atom is 0.274 e. The molecule has 0 atom stereocenters. The first-order valence-electron chi connectivity index (χ1n) is 4.76. The third-order valence-electron chi connectivity index (χ3n) is 1.85. The van der Waals surface area contributed by atoms with Crippen molar-refractivity contribution in [2.75, 3.05) is 0 Å². The van der Waals surface area contributed by atoms with Gasteiger partial charge in [-0.2, -0.15) is 0 Å². The maximum atomic E-state index is 10.7. The molecule has 82 valence electrons. The Morgan fingerprint density at radius 3 is 2.47 bits per heavy atom. The van der Waals surface area contributed by atoms with Gasteiger partial charge in [-0.05, 0) is 26.8 Å². The minimum Gasteiger partial charge on any atom is -0.371 e. The monoisotopic (exact) mass is 209 g/mol. The molecule has 4 heteroatoms. The van der Waals surface area contributed by atoms with Gasteiger partial charge in [-0.15, -0.1) is 0 Å². The van der Waals surface area contributed by atoms with E-state index in [1.54, 1.807) is 18.2 Å². The molecule has 0 aliphatic carbocycles. The Kier molecular flexibility index (Phi) is 3.42. The van der Waals surface area contributed by atoms with Crippen LogP contribution in [0, 0.1) is 10.1 Å². The van der Waals surface area contributed by atoms with Gasteiger partial charge in [-0.25, -0.2) is 0 Å². The predicted octanol–water partition coefficient (Wildman–Crippen LogP) is 2.91. The summed E-state index contributed by atoms with van der Waals surface area (Å²) in [5, 5.41) is 10.7. The first-order chi connectivity index (χ1) is 6.90. The van der Waals surface area contributed by atoms with E-state index >= 15 is 0 Å². The van der Waals surface area contributed by atoms with Gasteiger partial charge in [-0.1, -0.05) is 12.1 Å². The van der Waals surface area contributed by atoms with Gasteiger partial charge in [0.25, 0.3) is 5.69 Å². The average molecular weight is 209 g/mol. The van der Waals surface area contributed by atoms with E-state index in [1.807, 2.05) is 20.8 Å². The normalized spacial score (nSPS) is 11.4. The highest BCUT2D eigenvalue weighted by Crippen LogP contribution is 2.20. The Labute approximate surface area is 89.0 Å². The van der Waals surface area contributed by atoms with Crippen LogP contribution in [-0.2, 0) is 11.3 Å². The summed E-state index contributed by atoms with van der Waals surface area (Å²) in [6.07, 6.45) is 0. The lowest BCUT2D eigenvalue weighted by molar-refractivity contribution is -0.386. The number of benzene rings is 1. The second-order valence-corrected chi connectivity index (χ2v) is 4.29. The van der Waals surface area contributed by atoms with Crippen LogP contribution in [0.15, 0.2) is 24.3 Å². The zero-order valence-corrected chi connectivity index (χ0v) is 9.19. The molecule has 4 nitrogen and oxygen atoms in total. The van der Waals surface area contributed by atoms with E-state index in [9.17, 15) is 10.1 Å². The summed E-state index contributed by atoms with van der Waals surface area (Å²) >= 11 is 0. The number of nitro groups is 1. The average Bonchev–Trinajstić information content (AvgIpc) is 2.14. The van der Waals surface area contributed by atoms with Crippen molar-refractivity contribution >= 4 is 5.69 Å². The molecule has 0 unspecified atom stereocenters. The van der Waals surface area contributed by atoms with Crippen LogP contribution in [0.5, 0.6) is 0 Å². The zero-order valence-electron chi connectivity index (χ0n) is 9.19. The Balaban J connectivity index is 2.81. The largest absolute Gasteiger partial charge is 0.371 e. The van der Waals surface area contributed by atoms with Crippen molar-refractivity contribution in [3.8, 4) is 0 Å². The highest BCUT2D eigenvalue weighted by atomic mass is 16.6. The van der Waals surface area contributed by atoms with Crippen LogP contribution in [0.2, 0.25) is 0 Å². The third-order valence-corrected chi connectivity index (χ3v) is 1.85. The Morgan fingerprint density at radius 1 is 1.33 bits per heavy atom. The molecule has 1 aromatic carbocycles. The SMILES string of the molecule is CC(C)(C)OCc1ccccc1[N+](=O)[O-]. The summed E-state index contributed by atoms with van der Waals surface area (Å²) in [7, 11) is 0. The number of nitrogens with zero attached hydrogens (tertiary/aromatic N) is 1. The van der Waals surface area contributed by atoms with Gasteiger partial charge < -0.3 is 4.74 Å². The molecule has 0 radical (unpaired) electrons. The Hall–Kier alpha value is -1.42. The fourth-order valence-electron chi connectivity index (χ4n) is 1.11. The molecule has 0 spiro atoms. The van der Waals surface area contributed by atoms with Gasteiger partial charge in [-0.3, -0.25) is 10.1 Å². The zero-order chi connectivity index (χ0) is 11.5. The predicted molar refractivity (Wildman–Crippen MR) is 57.6 cm³/mol. The van der Waals surface area contributed by atoms with Gasteiger partial charge in [0.1, 0.15) is 0 Å². The smallest absolute Gasteiger partial charge is 0.274 e. The molecule has 0 saturated heterocycles. The Bertz CT molecular complexity index is 355. The number of rotatable bonds is 3. The Morgan fingerprint density at radius 2 is 1.93 bits per heavy atom. The van der Waals surface area contributed by atoms with Crippen LogP contribution in [0.1, 0.15) is 26.3 Å². The van der Waals surface area contributed by atoms with Crippen LogP contribution in [0.3, 0.4) is 0 Å². The summed E-state index contributed by atoms with van der Waals surface area (Å²) < 4.78 is 5.50. The van der Waals surface area contributed by atoms with Crippen molar-refractivity contribution < 1.29 is 9.66 Å². The lowest BCUT2D eigenvalue weighted by atomic mass is 10.1. The topological polar surface area (TPSA) is 52.4 Å². The van der Waals surface area contributed by atoms with Gasteiger partial charge in [0, 0.05) is 6.07 Å². The molecule has 0 aliphatic rings. The van der Waals surface area contributed by atoms with Gasteiger partial charge in [0.05, 0.1) is 22.7 Å². The third kappa shape index (κ3) is 3.67. The molecule has 15 heavy (non-hydrogen) atoms. The summed E-state index contributed by atoms with van der Waals surface area (Å²) in [4.78, 5) is 10.3. The highest BCUT2D eigenvalue weighted by molar-refractivity contribution is 5.39. The van der Waals surface area contributed by atoms with Gasteiger partial charge in [0.15, 0.2) is 0 Å². The van der Waals surface area contributed by atoms with E-state index in [1.165, 1.54) is 6.07 Å². The van der Waals surface area contributed by atoms with Gasteiger partial charge in [0.2, 0.25) is 0 Å². The van der Waals surface area contributed by atoms with E-state index in [2.05, 4.69) is 0 Å². The van der Waals surface area contributed by atoms with E-state index in [4.69, 9.17) is 4.74 Å². The molecule has 0 amide bonds. The first-order valence-corrected chi connectivity index (χ1v) is 4.76. The highest BCUT2D eigenvalue weighted by Gasteiger charge is 2.16. The van der Waals surface area contributed by atoms with E-state index < -0.39 is 0 Å². The quantitative estimate of drug-likeness (QED) is 0.568.